The van der Waals surface area contributed by atoms with Crippen molar-refractivity contribution in [2.75, 3.05) is 46.0 Å². The first kappa shape index (κ1) is 36.3. The third kappa shape index (κ3) is 5.03. The second kappa shape index (κ2) is 12.1. The van der Waals surface area contributed by atoms with Gasteiger partial charge in [-0.25, -0.2) is 0 Å². The molecule has 2 spiro atoms. The number of fused-ring (bicyclic) bond motifs is 4. The van der Waals surface area contributed by atoms with Gasteiger partial charge in [-0.3, -0.25) is 9.80 Å². The van der Waals surface area contributed by atoms with Gasteiger partial charge >= 0.3 is 0 Å². The molecule has 9 nitrogen and oxygen atoms in total. The van der Waals surface area contributed by atoms with E-state index in [0.717, 1.165) is 58.6 Å². The molecule has 4 saturated heterocycles. The van der Waals surface area contributed by atoms with E-state index in [1.165, 1.54) is 51.6 Å². The van der Waals surface area contributed by atoms with Crippen molar-refractivity contribution >= 4 is 0 Å². The average Bonchev–Trinajstić information content (AvgIpc) is 3.69. The molecule has 4 heterocycles. The third-order valence-electron chi connectivity index (χ3n) is 18.4. The van der Waals surface area contributed by atoms with Crippen LogP contribution in [0.5, 0.6) is 0 Å². The Morgan fingerprint density at radius 3 is 2.25 bits per heavy atom. The molecular weight excluding hydrogens is 644 g/mol. The molecule has 5 aliphatic carbocycles. The summed E-state index contributed by atoms with van der Waals surface area (Å²) in [4.78, 5) is 5.31. The first-order valence-electron chi connectivity index (χ1n) is 21.1. The van der Waals surface area contributed by atoms with Crippen LogP contribution >= 0.6 is 0 Å². The summed E-state index contributed by atoms with van der Waals surface area (Å²) in [7, 11) is 0. The number of rotatable bonds is 6. The number of hydrogen-bond donors (Lipinski definition) is 3. The largest absolute Gasteiger partial charge is 0.390 e. The Morgan fingerprint density at radius 1 is 0.863 bits per heavy atom. The molecule has 0 aromatic carbocycles. The molecule has 9 aliphatic rings. The summed E-state index contributed by atoms with van der Waals surface area (Å²) in [6.07, 6.45) is 9.31. The quantitative estimate of drug-likeness (QED) is 0.357. The maximum absolute atomic E-state index is 12.5. The molecule has 290 valence electrons. The predicted octanol–water partition coefficient (Wildman–Crippen LogP) is 4.84. The minimum atomic E-state index is -1.24. The van der Waals surface area contributed by atoms with E-state index >= 15 is 0 Å². The molecule has 4 unspecified atom stereocenters. The standard InChI is InChI=1S/C42H70N2O7/c1-25-20-28(35(45)38(4,5)47)50-34-33(25)39(6)14-15-42-24-41(42)13-10-31(37(2,3)29(41)8-9-30(42)40(39,7)36(34)46)51-32-21-44(18-19-49-32)26-11-16-43(17-12-26)27-22-48-23-27/h25-36,45-47H,8-24H2,1-7H3/t25-,28?,29+,30?,31+,32+,33+,34?,35+,36+,39-,40-,41-,42?/m1/s1. The Hall–Kier alpha value is -0.360. The van der Waals surface area contributed by atoms with Crippen LogP contribution in [0.25, 0.3) is 0 Å². The molecule has 5 saturated carbocycles. The lowest BCUT2D eigenvalue weighted by atomic mass is 9.41. The fourth-order valence-corrected chi connectivity index (χ4v) is 15.5. The van der Waals surface area contributed by atoms with Crippen molar-refractivity contribution in [2.24, 2.45) is 50.7 Å². The number of morpholine rings is 1. The van der Waals surface area contributed by atoms with Crippen molar-refractivity contribution in [3.05, 3.63) is 0 Å². The topological polar surface area (TPSA) is 104 Å². The number of aliphatic hydroxyl groups excluding tert-OH is 2. The Morgan fingerprint density at radius 2 is 1.57 bits per heavy atom. The van der Waals surface area contributed by atoms with Crippen molar-refractivity contribution < 1.29 is 34.3 Å². The molecular formula is C42H70N2O7. The summed E-state index contributed by atoms with van der Waals surface area (Å²) in [5, 5.41) is 34.3. The van der Waals surface area contributed by atoms with Gasteiger partial charge < -0.3 is 34.3 Å². The Labute approximate surface area is 307 Å². The highest BCUT2D eigenvalue weighted by Crippen LogP contribution is 2.89. The smallest absolute Gasteiger partial charge is 0.170 e. The van der Waals surface area contributed by atoms with Crippen LogP contribution in [0, 0.1) is 50.7 Å². The summed E-state index contributed by atoms with van der Waals surface area (Å²) in [5.41, 5.74) is -0.814. The van der Waals surface area contributed by atoms with E-state index in [1.807, 2.05) is 0 Å². The second-order valence-corrected chi connectivity index (χ2v) is 21.0. The van der Waals surface area contributed by atoms with Gasteiger partial charge in [0.25, 0.3) is 0 Å². The normalized spacial score (nSPS) is 52.5. The first-order valence-corrected chi connectivity index (χ1v) is 21.1. The Bertz CT molecular complexity index is 1330. The maximum Gasteiger partial charge on any atom is 0.170 e. The van der Waals surface area contributed by atoms with Crippen LogP contribution in [0.2, 0.25) is 0 Å². The zero-order valence-electron chi connectivity index (χ0n) is 32.8. The third-order valence-corrected chi connectivity index (χ3v) is 18.4. The number of hydrogen-bond acceptors (Lipinski definition) is 9. The van der Waals surface area contributed by atoms with E-state index in [2.05, 4.69) is 44.4 Å². The first-order chi connectivity index (χ1) is 24.1. The van der Waals surface area contributed by atoms with Crippen molar-refractivity contribution in [1.82, 2.24) is 9.80 Å². The van der Waals surface area contributed by atoms with Gasteiger partial charge in [0.15, 0.2) is 6.29 Å². The highest BCUT2D eigenvalue weighted by Gasteiger charge is 2.84. The monoisotopic (exact) mass is 715 g/mol. The highest BCUT2D eigenvalue weighted by atomic mass is 16.7. The van der Waals surface area contributed by atoms with Gasteiger partial charge in [-0.1, -0.05) is 34.6 Å². The van der Waals surface area contributed by atoms with Crippen LogP contribution in [0.1, 0.15) is 113 Å². The van der Waals surface area contributed by atoms with E-state index in [1.54, 1.807) is 13.8 Å². The van der Waals surface area contributed by atoms with Crippen molar-refractivity contribution in [2.45, 2.75) is 167 Å². The number of likely N-dealkylation sites (tertiary alicyclic amines) is 1. The van der Waals surface area contributed by atoms with Gasteiger partial charge in [0.1, 0.15) is 6.10 Å². The van der Waals surface area contributed by atoms with Crippen molar-refractivity contribution in [3.8, 4) is 0 Å². The summed E-state index contributed by atoms with van der Waals surface area (Å²) in [6, 6.07) is 1.27. The van der Waals surface area contributed by atoms with E-state index in [4.69, 9.17) is 18.9 Å². The van der Waals surface area contributed by atoms with Crippen LogP contribution in [0.4, 0.5) is 0 Å². The SMILES string of the molecule is C[C@@H]1CC([C@H](O)C(C)(C)O)OC2[C@H]1[C@@]1(C)CCC34C[C@@]35CC[C@H](O[C@H]3CN(C6CCN(C7COC7)CC6)CCO3)C(C)(C)[C@@H]5CCC4[C@]1(C)[C@H]2O. The van der Waals surface area contributed by atoms with E-state index < -0.39 is 23.9 Å². The number of piperidine rings is 1. The van der Waals surface area contributed by atoms with E-state index in [9.17, 15) is 15.3 Å². The molecule has 9 heteroatoms. The summed E-state index contributed by atoms with van der Waals surface area (Å²) >= 11 is 0. The van der Waals surface area contributed by atoms with Crippen molar-refractivity contribution in [3.63, 3.8) is 0 Å². The molecule has 3 N–H and O–H groups in total. The fraction of sp³-hybridized carbons (Fsp3) is 1.00. The number of aliphatic hydroxyl groups is 3. The summed E-state index contributed by atoms with van der Waals surface area (Å²) in [5.74, 6) is 1.66. The molecule has 51 heavy (non-hydrogen) atoms. The molecule has 0 amide bonds. The molecule has 9 rings (SSSR count). The van der Waals surface area contributed by atoms with Gasteiger partial charge in [-0.05, 0) is 123 Å². The molecule has 0 bridgehead atoms. The average molecular weight is 715 g/mol. The molecule has 9 fully saturated rings. The lowest BCUT2D eigenvalue weighted by Gasteiger charge is -2.64. The van der Waals surface area contributed by atoms with Crippen molar-refractivity contribution in [1.29, 1.82) is 0 Å². The van der Waals surface area contributed by atoms with Gasteiger partial charge in [0.2, 0.25) is 0 Å². The van der Waals surface area contributed by atoms with Crippen LogP contribution in [0.15, 0.2) is 0 Å². The second-order valence-electron chi connectivity index (χ2n) is 21.0. The Balaban J connectivity index is 0.891. The van der Waals surface area contributed by atoms with Gasteiger partial charge in [0, 0.05) is 37.6 Å². The fourth-order valence-electron chi connectivity index (χ4n) is 15.5. The van der Waals surface area contributed by atoms with Gasteiger partial charge in [0.05, 0.1) is 55.9 Å². The van der Waals surface area contributed by atoms with Crippen LogP contribution in [0.3, 0.4) is 0 Å². The summed E-state index contributed by atoms with van der Waals surface area (Å²) in [6.45, 7) is 22.4. The summed E-state index contributed by atoms with van der Waals surface area (Å²) < 4.78 is 25.6. The van der Waals surface area contributed by atoms with Crippen LogP contribution in [-0.4, -0.2) is 126 Å². The highest BCUT2D eigenvalue weighted by molar-refractivity contribution is 5.33. The molecule has 0 radical (unpaired) electrons. The zero-order chi connectivity index (χ0) is 35.9. The van der Waals surface area contributed by atoms with Crippen LogP contribution in [-0.2, 0) is 18.9 Å². The van der Waals surface area contributed by atoms with E-state index in [0.29, 0.717) is 35.3 Å². The maximum atomic E-state index is 12.5. The lowest BCUT2D eigenvalue weighted by Crippen LogP contribution is -2.60. The minimum Gasteiger partial charge on any atom is -0.390 e. The predicted molar refractivity (Wildman–Crippen MR) is 194 cm³/mol. The molecule has 4 aliphatic heterocycles. The van der Waals surface area contributed by atoms with E-state index in [-0.39, 0.29) is 46.1 Å². The number of ether oxygens (including phenoxy) is 4. The molecule has 14 atom stereocenters. The molecule has 0 aromatic rings. The van der Waals surface area contributed by atoms with Crippen LogP contribution < -0.4 is 0 Å². The molecule has 0 aromatic heterocycles. The Kier molecular flexibility index (Phi) is 8.59. The zero-order valence-corrected chi connectivity index (χ0v) is 32.8. The lowest BCUT2D eigenvalue weighted by molar-refractivity contribution is -0.252. The van der Waals surface area contributed by atoms with Gasteiger partial charge in [-0.2, -0.15) is 0 Å². The van der Waals surface area contributed by atoms with Gasteiger partial charge in [-0.15, -0.1) is 0 Å². The number of nitrogens with zero attached hydrogens (tertiary/aromatic N) is 2. The minimum absolute atomic E-state index is 0.0179.